The highest BCUT2D eigenvalue weighted by molar-refractivity contribution is 7.11. The van der Waals surface area contributed by atoms with Crippen LogP contribution in [0, 0.1) is 6.92 Å². The topological polar surface area (TPSA) is 57.6 Å². The highest BCUT2D eigenvalue weighted by Crippen LogP contribution is 2.19. The Kier molecular flexibility index (Phi) is 5.51. The van der Waals surface area contributed by atoms with Crippen LogP contribution in [0.4, 0.5) is 0 Å². The fourth-order valence-corrected chi connectivity index (χ4v) is 2.60. The largest absolute Gasteiger partial charge is 0.481 e. The van der Waals surface area contributed by atoms with E-state index in [0.29, 0.717) is 0 Å². The van der Waals surface area contributed by atoms with Crippen LogP contribution in [-0.4, -0.2) is 34.0 Å². The summed E-state index contributed by atoms with van der Waals surface area (Å²) >= 11 is 1.58. The normalized spacial score (nSPS) is 11.8. The van der Waals surface area contributed by atoms with Crippen molar-refractivity contribution in [1.82, 2.24) is 4.90 Å². The standard InChI is InChI=1S/C15H21NO3S/c1-11-8-10-20-12(11)5-6-13(17)16(15(2,3)4)9-7-14(18)19/h5-6,8,10H,7,9H2,1-4H3,(H,18,19)/b6-5+. The Balaban J connectivity index is 2.81. The van der Waals surface area contributed by atoms with E-state index in [1.165, 1.54) is 6.08 Å². The van der Waals surface area contributed by atoms with E-state index in [4.69, 9.17) is 5.11 Å². The summed E-state index contributed by atoms with van der Waals surface area (Å²) in [6.45, 7) is 7.91. The molecular weight excluding hydrogens is 274 g/mol. The third-order valence-electron chi connectivity index (χ3n) is 2.90. The van der Waals surface area contributed by atoms with Gasteiger partial charge in [0.05, 0.1) is 6.42 Å². The van der Waals surface area contributed by atoms with Gasteiger partial charge in [-0.15, -0.1) is 11.3 Å². The Bertz CT molecular complexity index is 511. The lowest BCUT2D eigenvalue weighted by molar-refractivity contribution is -0.139. The van der Waals surface area contributed by atoms with Crippen molar-refractivity contribution in [3.05, 3.63) is 28.0 Å². The Morgan fingerprint density at radius 2 is 2.05 bits per heavy atom. The van der Waals surface area contributed by atoms with Gasteiger partial charge in [-0.2, -0.15) is 0 Å². The first kappa shape index (κ1) is 16.4. The maximum absolute atomic E-state index is 12.3. The number of amides is 1. The molecule has 0 spiro atoms. The van der Waals surface area contributed by atoms with Crippen LogP contribution < -0.4 is 0 Å². The summed E-state index contributed by atoms with van der Waals surface area (Å²) in [5, 5.41) is 10.7. The molecule has 0 aromatic carbocycles. The molecule has 0 saturated carbocycles. The number of rotatable bonds is 5. The molecule has 20 heavy (non-hydrogen) atoms. The summed E-state index contributed by atoms with van der Waals surface area (Å²) in [7, 11) is 0. The maximum Gasteiger partial charge on any atom is 0.305 e. The predicted molar refractivity (Wildman–Crippen MR) is 81.8 cm³/mol. The van der Waals surface area contributed by atoms with Crippen molar-refractivity contribution in [2.75, 3.05) is 6.54 Å². The third-order valence-corrected chi connectivity index (χ3v) is 3.89. The zero-order chi connectivity index (χ0) is 15.3. The maximum atomic E-state index is 12.3. The number of aliphatic carboxylic acids is 1. The van der Waals surface area contributed by atoms with Gasteiger partial charge in [0.15, 0.2) is 0 Å². The van der Waals surface area contributed by atoms with Crippen LogP contribution in [0.5, 0.6) is 0 Å². The fourth-order valence-electron chi connectivity index (χ4n) is 1.78. The zero-order valence-electron chi connectivity index (χ0n) is 12.3. The van der Waals surface area contributed by atoms with Crippen LogP contribution in [0.15, 0.2) is 17.5 Å². The van der Waals surface area contributed by atoms with Crippen molar-refractivity contribution in [2.45, 2.75) is 39.7 Å². The molecule has 0 aliphatic carbocycles. The Labute approximate surface area is 123 Å². The summed E-state index contributed by atoms with van der Waals surface area (Å²) < 4.78 is 0. The van der Waals surface area contributed by atoms with Crippen molar-refractivity contribution in [1.29, 1.82) is 0 Å². The number of hydrogen-bond acceptors (Lipinski definition) is 3. The molecule has 4 nitrogen and oxygen atoms in total. The molecular formula is C15H21NO3S. The predicted octanol–water partition coefficient (Wildman–Crippen LogP) is 3.17. The molecule has 110 valence electrons. The molecule has 1 aromatic rings. The van der Waals surface area contributed by atoms with Gasteiger partial charge < -0.3 is 10.0 Å². The van der Waals surface area contributed by atoms with Crippen molar-refractivity contribution in [3.8, 4) is 0 Å². The molecule has 0 bridgehead atoms. The summed E-state index contributed by atoms with van der Waals surface area (Å²) in [6.07, 6.45) is 3.27. The second kappa shape index (κ2) is 6.70. The van der Waals surface area contributed by atoms with Crippen LogP contribution >= 0.6 is 11.3 Å². The summed E-state index contributed by atoms with van der Waals surface area (Å²) in [5.41, 5.74) is 0.730. The van der Waals surface area contributed by atoms with Crippen LogP contribution in [0.2, 0.25) is 0 Å². The van der Waals surface area contributed by atoms with E-state index in [-0.39, 0.29) is 18.9 Å². The third kappa shape index (κ3) is 4.81. The van der Waals surface area contributed by atoms with Crippen molar-refractivity contribution < 1.29 is 14.7 Å². The smallest absolute Gasteiger partial charge is 0.305 e. The van der Waals surface area contributed by atoms with Crippen LogP contribution in [0.3, 0.4) is 0 Å². The minimum Gasteiger partial charge on any atom is -0.481 e. The van der Waals surface area contributed by atoms with E-state index in [2.05, 4.69) is 0 Å². The summed E-state index contributed by atoms with van der Waals surface area (Å²) in [6, 6.07) is 2.00. The lowest BCUT2D eigenvalue weighted by Gasteiger charge is -2.34. The average molecular weight is 295 g/mol. The molecule has 5 heteroatoms. The Morgan fingerprint density at radius 3 is 2.50 bits per heavy atom. The number of aryl methyl sites for hydroxylation is 1. The van der Waals surface area contributed by atoms with E-state index >= 15 is 0 Å². The lowest BCUT2D eigenvalue weighted by atomic mass is 10.1. The lowest BCUT2D eigenvalue weighted by Crippen LogP contribution is -2.45. The minimum absolute atomic E-state index is 0.0467. The molecule has 1 aromatic heterocycles. The number of carbonyl (C=O) groups excluding carboxylic acids is 1. The van der Waals surface area contributed by atoms with Gasteiger partial charge in [-0.3, -0.25) is 9.59 Å². The van der Waals surface area contributed by atoms with Gasteiger partial charge in [-0.05, 0) is 50.8 Å². The van der Waals surface area contributed by atoms with Gasteiger partial charge in [-0.1, -0.05) is 0 Å². The van der Waals surface area contributed by atoms with Gasteiger partial charge in [0.25, 0.3) is 0 Å². The minimum atomic E-state index is -0.898. The zero-order valence-corrected chi connectivity index (χ0v) is 13.2. The summed E-state index contributed by atoms with van der Waals surface area (Å²) in [4.78, 5) is 25.6. The van der Waals surface area contributed by atoms with E-state index < -0.39 is 11.5 Å². The van der Waals surface area contributed by atoms with Crippen molar-refractivity contribution >= 4 is 29.3 Å². The van der Waals surface area contributed by atoms with E-state index in [1.54, 1.807) is 22.3 Å². The monoisotopic (exact) mass is 295 g/mol. The van der Waals surface area contributed by atoms with Crippen molar-refractivity contribution in [2.24, 2.45) is 0 Å². The fraction of sp³-hybridized carbons (Fsp3) is 0.467. The van der Waals surface area contributed by atoms with Crippen LogP contribution in [0.1, 0.15) is 37.6 Å². The summed E-state index contributed by atoms with van der Waals surface area (Å²) in [5.74, 6) is -1.06. The highest BCUT2D eigenvalue weighted by atomic mass is 32.1. The van der Waals surface area contributed by atoms with Gasteiger partial charge in [0.2, 0.25) is 5.91 Å². The first-order valence-electron chi connectivity index (χ1n) is 6.47. The van der Waals surface area contributed by atoms with E-state index in [0.717, 1.165) is 10.4 Å². The molecule has 1 rings (SSSR count). The highest BCUT2D eigenvalue weighted by Gasteiger charge is 2.25. The van der Waals surface area contributed by atoms with E-state index in [1.807, 2.05) is 39.1 Å². The van der Waals surface area contributed by atoms with Gasteiger partial charge >= 0.3 is 5.97 Å². The average Bonchev–Trinajstić information content (AvgIpc) is 2.70. The molecule has 1 amide bonds. The molecule has 1 N–H and O–H groups in total. The second-order valence-corrected chi connectivity index (χ2v) is 6.55. The van der Waals surface area contributed by atoms with Gasteiger partial charge in [0, 0.05) is 23.0 Å². The van der Waals surface area contributed by atoms with E-state index in [9.17, 15) is 9.59 Å². The van der Waals surface area contributed by atoms with Gasteiger partial charge in [0.1, 0.15) is 0 Å². The Morgan fingerprint density at radius 1 is 1.40 bits per heavy atom. The Hall–Kier alpha value is -1.62. The molecule has 1 heterocycles. The number of carboxylic acids is 1. The number of thiophene rings is 1. The first-order chi connectivity index (χ1) is 9.21. The number of carbonyl (C=O) groups is 2. The second-order valence-electron chi connectivity index (χ2n) is 5.61. The van der Waals surface area contributed by atoms with Crippen LogP contribution in [0.25, 0.3) is 6.08 Å². The molecule has 0 radical (unpaired) electrons. The molecule has 0 fully saturated rings. The van der Waals surface area contributed by atoms with Gasteiger partial charge in [-0.25, -0.2) is 0 Å². The van der Waals surface area contributed by atoms with Crippen LogP contribution in [-0.2, 0) is 9.59 Å². The SMILES string of the molecule is Cc1ccsc1/C=C/C(=O)N(CCC(=O)O)C(C)(C)C. The molecule has 0 aliphatic rings. The molecule has 0 aliphatic heterocycles. The number of nitrogens with zero attached hydrogens (tertiary/aromatic N) is 1. The van der Waals surface area contributed by atoms with Crippen molar-refractivity contribution in [3.63, 3.8) is 0 Å². The molecule has 0 saturated heterocycles. The first-order valence-corrected chi connectivity index (χ1v) is 7.35. The quantitative estimate of drug-likeness (QED) is 0.849. The molecule has 0 atom stereocenters. The number of hydrogen-bond donors (Lipinski definition) is 1. The number of carboxylic acid groups (broad SMARTS) is 1. The molecule has 0 unspecified atom stereocenters.